The minimum Gasteiger partial charge on any atom is -0.490 e. The zero-order valence-corrected chi connectivity index (χ0v) is 9.27. The van der Waals surface area contributed by atoms with Crippen LogP contribution in [0.2, 0.25) is 0 Å². The monoisotopic (exact) mass is 290 g/mol. The second kappa shape index (κ2) is 3.84. The highest BCUT2D eigenvalue weighted by atomic mass is 127. The van der Waals surface area contributed by atoms with Gasteiger partial charge in [0, 0.05) is 16.4 Å². The zero-order valence-electron chi connectivity index (χ0n) is 7.11. The molecule has 0 atom stereocenters. The topological polar surface area (TPSA) is 29.5 Å². The molecular weight excluding hydrogens is 279 g/mol. The van der Waals surface area contributed by atoms with Crippen LogP contribution in [-0.4, -0.2) is 17.3 Å². The molecule has 1 saturated carbocycles. The normalized spacial score (nSPS) is 26.6. The van der Waals surface area contributed by atoms with E-state index in [2.05, 4.69) is 22.6 Å². The summed E-state index contributed by atoms with van der Waals surface area (Å²) in [7, 11) is 0. The molecule has 2 nitrogen and oxygen atoms in total. The Morgan fingerprint density at radius 3 is 2.77 bits per heavy atom. The lowest BCUT2D eigenvalue weighted by molar-refractivity contribution is -0.0108. The number of ether oxygens (including phenoxy) is 1. The van der Waals surface area contributed by atoms with Gasteiger partial charge in [-0.15, -0.1) is 0 Å². The second-order valence-corrected chi connectivity index (χ2v) is 4.57. The van der Waals surface area contributed by atoms with E-state index in [9.17, 15) is 0 Å². The van der Waals surface area contributed by atoms with Crippen LogP contribution in [0.25, 0.3) is 0 Å². The molecule has 1 aliphatic carbocycles. The van der Waals surface area contributed by atoms with Crippen LogP contribution in [0, 0.1) is 3.57 Å². The summed E-state index contributed by atoms with van der Waals surface area (Å²) in [6.07, 6.45) is 1.61. The summed E-state index contributed by atoms with van der Waals surface area (Å²) in [5.74, 6) is 0.906. The van der Waals surface area contributed by atoms with Crippen molar-refractivity contribution in [1.82, 2.24) is 0 Å². The quantitative estimate of drug-likeness (QED) is 0.846. The molecule has 1 fully saturated rings. The maximum atomic E-state index is 9.07. The van der Waals surface area contributed by atoms with E-state index in [1.165, 1.54) is 3.57 Å². The molecule has 70 valence electrons. The fourth-order valence-electron chi connectivity index (χ4n) is 1.37. The summed E-state index contributed by atoms with van der Waals surface area (Å²) in [6.45, 7) is 0. The summed E-state index contributed by atoms with van der Waals surface area (Å²) in [5.41, 5.74) is 0. The molecule has 0 amide bonds. The summed E-state index contributed by atoms with van der Waals surface area (Å²) in [4.78, 5) is 0. The first-order valence-corrected chi connectivity index (χ1v) is 5.42. The first-order chi connectivity index (χ1) is 6.24. The van der Waals surface area contributed by atoms with Gasteiger partial charge in [-0.3, -0.25) is 0 Å². The SMILES string of the molecule is OC1CC(Oc2cccc(I)c2)C1. The molecule has 1 aromatic carbocycles. The van der Waals surface area contributed by atoms with E-state index < -0.39 is 0 Å². The molecule has 0 saturated heterocycles. The number of halogens is 1. The van der Waals surface area contributed by atoms with Gasteiger partial charge in [-0.05, 0) is 40.8 Å². The van der Waals surface area contributed by atoms with Crippen LogP contribution in [0.1, 0.15) is 12.8 Å². The minimum atomic E-state index is -0.146. The summed E-state index contributed by atoms with van der Waals surface area (Å²) >= 11 is 2.26. The molecule has 0 radical (unpaired) electrons. The molecule has 1 N–H and O–H groups in total. The minimum absolute atomic E-state index is 0.146. The van der Waals surface area contributed by atoms with Gasteiger partial charge in [0.05, 0.1) is 6.10 Å². The largest absolute Gasteiger partial charge is 0.490 e. The van der Waals surface area contributed by atoms with Crippen molar-refractivity contribution >= 4 is 22.6 Å². The number of aliphatic hydroxyl groups is 1. The standard InChI is InChI=1S/C10H11IO2/c11-7-2-1-3-9(4-7)13-10-5-8(12)6-10/h1-4,8,10,12H,5-6H2. The molecule has 13 heavy (non-hydrogen) atoms. The Hall–Kier alpha value is -0.290. The van der Waals surface area contributed by atoms with Crippen LogP contribution in [0.3, 0.4) is 0 Å². The van der Waals surface area contributed by atoms with E-state index in [0.29, 0.717) is 0 Å². The van der Waals surface area contributed by atoms with Crippen LogP contribution in [-0.2, 0) is 0 Å². The van der Waals surface area contributed by atoms with Gasteiger partial charge in [-0.25, -0.2) is 0 Å². The molecule has 1 aliphatic rings. The Morgan fingerprint density at radius 1 is 1.38 bits per heavy atom. The van der Waals surface area contributed by atoms with E-state index in [1.54, 1.807) is 0 Å². The van der Waals surface area contributed by atoms with Crippen molar-refractivity contribution in [3.05, 3.63) is 27.8 Å². The van der Waals surface area contributed by atoms with Crippen molar-refractivity contribution < 1.29 is 9.84 Å². The van der Waals surface area contributed by atoms with Crippen molar-refractivity contribution in [2.24, 2.45) is 0 Å². The number of hydrogen-bond donors (Lipinski definition) is 1. The maximum Gasteiger partial charge on any atom is 0.120 e. The smallest absolute Gasteiger partial charge is 0.120 e. The highest BCUT2D eigenvalue weighted by molar-refractivity contribution is 14.1. The van der Waals surface area contributed by atoms with E-state index in [1.807, 2.05) is 24.3 Å². The fourth-order valence-corrected chi connectivity index (χ4v) is 1.88. The van der Waals surface area contributed by atoms with Gasteiger partial charge in [0.2, 0.25) is 0 Å². The first kappa shape index (κ1) is 9.27. The van der Waals surface area contributed by atoms with Crippen molar-refractivity contribution in [2.45, 2.75) is 25.0 Å². The van der Waals surface area contributed by atoms with E-state index in [4.69, 9.17) is 9.84 Å². The second-order valence-electron chi connectivity index (χ2n) is 3.32. The molecule has 2 rings (SSSR count). The molecule has 0 spiro atoms. The Kier molecular flexibility index (Phi) is 2.74. The van der Waals surface area contributed by atoms with Gasteiger partial charge in [-0.2, -0.15) is 0 Å². The van der Waals surface area contributed by atoms with Crippen molar-refractivity contribution in [3.63, 3.8) is 0 Å². The molecule has 0 heterocycles. The van der Waals surface area contributed by atoms with Gasteiger partial charge in [0.1, 0.15) is 11.9 Å². The van der Waals surface area contributed by atoms with Crippen LogP contribution in [0.15, 0.2) is 24.3 Å². The van der Waals surface area contributed by atoms with Crippen molar-refractivity contribution in [3.8, 4) is 5.75 Å². The van der Waals surface area contributed by atoms with Crippen LogP contribution in [0.5, 0.6) is 5.75 Å². The lowest BCUT2D eigenvalue weighted by atomic mass is 9.92. The number of aliphatic hydroxyl groups excluding tert-OH is 1. The first-order valence-electron chi connectivity index (χ1n) is 4.34. The lowest BCUT2D eigenvalue weighted by Gasteiger charge is -2.31. The molecule has 0 aromatic heterocycles. The lowest BCUT2D eigenvalue weighted by Crippen LogP contribution is -2.37. The van der Waals surface area contributed by atoms with E-state index >= 15 is 0 Å². The van der Waals surface area contributed by atoms with Crippen LogP contribution >= 0.6 is 22.6 Å². The predicted molar refractivity (Wildman–Crippen MR) is 58.8 cm³/mol. The molecule has 0 unspecified atom stereocenters. The zero-order chi connectivity index (χ0) is 9.26. The highest BCUT2D eigenvalue weighted by Gasteiger charge is 2.28. The van der Waals surface area contributed by atoms with Crippen LogP contribution < -0.4 is 4.74 Å². The third-order valence-electron chi connectivity index (χ3n) is 2.17. The van der Waals surface area contributed by atoms with Gasteiger partial charge in [0.25, 0.3) is 0 Å². The number of rotatable bonds is 2. The highest BCUT2D eigenvalue weighted by Crippen LogP contribution is 2.26. The third kappa shape index (κ3) is 2.34. The van der Waals surface area contributed by atoms with Crippen LogP contribution in [0.4, 0.5) is 0 Å². The molecule has 0 bridgehead atoms. The average Bonchev–Trinajstić information content (AvgIpc) is 2.01. The van der Waals surface area contributed by atoms with Gasteiger partial charge < -0.3 is 9.84 Å². The van der Waals surface area contributed by atoms with Gasteiger partial charge in [0.15, 0.2) is 0 Å². The molecule has 3 heteroatoms. The Labute approximate surface area is 91.1 Å². The Morgan fingerprint density at radius 2 is 2.15 bits per heavy atom. The third-order valence-corrected chi connectivity index (χ3v) is 2.84. The molecule has 1 aromatic rings. The Balaban J connectivity index is 1.94. The van der Waals surface area contributed by atoms with Gasteiger partial charge >= 0.3 is 0 Å². The fraction of sp³-hybridized carbons (Fsp3) is 0.400. The van der Waals surface area contributed by atoms with E-state index in [-0.39, 0.29) is 12.2 Å². The molecule has 0 aliphatic heterocycles. The van der Waals surface area contributed by atoms with E-state index in [0.717, 1.165) is 18.6 Å². The molecular formula is C10H11IO2. The maximum absolute atomic E-state index is 9.07. The van der Waals surface area contributed by atoms with Gasteiger partial charge in [-0.1, -0.05) is 6.07 Å². The summed E-state index contributed by atoms with van der Waals surface area (Å²) in [5, 5.41) is 9.07. The summed E-state index contributed by atoms with van der Waals surface area (Å²) in [6, 6.07) is 7.97. The number of benzene rings is 1. The predicted octanol–water partition coefficient (Wildman–Crippen LogP) is 2.19. The summed E-state index contributed by atoms with van der Waals surface area (Å²) < 4.78 is 6.81. The number of hydrogen-bond acceptors (Lipinski definition) is 2. The Bertz CT molecular complexity index is 295. The van der Waals surface area contributed by atoms with Crippen molar-refractivity contribution in [1.29, 1.82) is 0 Å². The van der Waals surface area contributed by atoms with Crippen molar-refractivity contribution in [2.75, 3.05) is 0 Å². The average molecular weight is 290 g/mol.